The van der Waals surface area contributed by atoms with E-state index < -0.39 is 24.1 Å². The number of hydrogen-bond acceptors (Lipinski definition) is 4. The molecule has 0 heterocycles. The Labute approximate surface area is 105 Å². The van der Waals surface area contributed by atoms with Gasteiger partial charge in [-0.25, -0.2) is 9.59 Å². The molecule has 2 rings (SSSR count). The van der Waals surface area contributed by atoms with E-state index in [-0.39, 0.29) is 0 Å². The fourth-order valence-electron chi connectivity index (χ4n) is 2.48. The van der Waals surface area contributed by atoms with Crippen LogP contribution in [-0.2, 0) is 9.59 Å². The first-order chi connectivity index (χ1) is 8.43. The van der Waals surface area contributed by atoms with Crippen LogP contribution < -0.4 is 0 Å². The van der Waals surface area contributed by atoms with Crippen molar-refractivity contribution in [3.8, 4) is 0 Å². The summed E-state index contributed by atoms with van der Waals surface area (Å²) in [4.78, 5) is 19.5. The molecule has 0 aromatic rings. The second-order valence-electron chi connectivity index (χ2n) is 4.95. The molecule has 2 aliphatic carbocycles. The minimum atomic E-state index is -2.27. The molecular weight excluding hydrogens is 240 g/mol. The van der Waals surface area contributed by atoms with Crippen molar-refractivity contribution in [2.24, 2.45) is 11.8 Å². The third kappa shape index (κ3) is 3.96. The van der Waals surface area contributed by atoms with Gasteiger partial charge in [-0.05, 0) is 24.7 Å². The number of aliphatic hydroxyl groups excluding tert-OH is 2. The molecule has 0 aromatic carbocycles. The lowest BCUT2D eigenvalue weighted by atomic mass is 9.66. The lowest BCUT2D eigenvalue weighted by Gasteiger charge is -2.40. The van der Waals surface area contributed by atoms with Crippen LogP contribution in [0.3, 0.4) is 0 Å². The molecule has 0 bridgehead atoms. The lowest BCUT2D eigenvalue weighted by molar-refractivity contribution is -0.165. The molecule has 6 heteroatoms. The van der Waals surface area contributed by atoms with Gasteiger partial charge in [-0.2, -0.15) is 0 Å². The number of hydrogen-bond donors (Lipinski definition) is 4. The van der Waals surface area contributed by atoms with E-state index in [1.165, 1.54) is 24.7 Å². The Morgan fingerprint density at radius 1 is 0.778 bits per heavy atom. The predicted octanol–water partition coefficient (Wildman–Crippen LogP) is 0.464. The Morgan fingerprint density at radius 2 is 1.11 bits per heavy atom. The van der Waals surface area contributed by atoms with E-state index in [1.54, 1.807) is 25.7 Å². The van der Waals surface area contributed by atoms with Gasteiger partial charge in [0.05, 0.1) is 0 Å². The summed E-state index contributed by atoms with van der Waals surface area (Å²) < 4.78 is 0. The fraction of sp³-hybridized carbons (Fsp3) is 0.833. The number of carboxylic acids is 2. The van der Waals surface area contributed by atoms with Crippen LogP contribution >= 0.6 is 0 Å². The van der Waals surface area contributed by atoms with Crippen LogP contribution in [-0.4, -0.2) is 44.6 Å². The molecule has 0 amide bonds. The van der Waals surface area contributed by atoms with E-state index in [4.69, 9.17) is 20.4 Å². The second kappa shape index (κ2) is 6.70. The summed E-state index contributed by atoms with van der Waals surface area (Å²) in [5.41, 5.74) is 0. The molecule has 2 saturated carbocycles. The third-order valence-corrected chi connectivity index (χ3v) is 3.78. The molecule has 0 spiro atoms. The molecule has 6 nitrogen and oxygen atoms in total. The quantitative estimate of drug-likeness (QED) is 0.586. The first kappa shape index (κ1) is 14.9. The van der Waals surface area contributed by atoms with E-state index in [0.29, 0.717) is 0 Å². The first-order valence-electron chi connectivity index (χ1n) is 6.25. The monoisotopic (exact) mass is 260 g/mol. The molecule has 4 N–H and O–H groups in total. The van der Waals surface area contributed by atoms with Gasteiger partial charge in [0.25, 0.3) is 0 Å². The van der Waals surface area contributed by atoms with Crippen molar-refractivity contribution in [1.29, 1.82) is 0 Å². The van der Waals surface area contributed by atoms with Crippen molar-refractivity contribution in [1.82, 2.24) is 0 Å². The minimum Gasteiger partial charge on any atom is -0.479 e. The zero-order valence-electron chi connectivity index (χ0n) is 10.2. The average molecular weight is 260 g/mol. The van der Waals surface area contributed by atoms with Gasteiger partial charge in [-0.3, -0.25) is 0 Å². The van der Waals surface area contributed by atoms with E-state index in [9.17, 15) is 9.59 Å². The van der Waals surface area contributed by atoms with Crippen LogP contribution in [0.25, 0.3) is 0 Å². The third-order valence-electron chi connectivity index (χ3n) is 3.78. The topological polar surface area (TPSA) is 115 Å². The van der Waals surface area contributed by atoms with Gasteiger partial charge in [-0.1, -0.05) is 25.7 Å². The van der Waals surface area contributed by atoms with Gasteiger partial charge in [0.1, 0.15) is 0 Å². The molecule has 2 unspecified atom stereocenters. The van der Waals surface area contributed by atoms with Crippen molar-refractivity contribution in [2.45, 2.75) is 50.7 Å². The highest BCUT2D eigenvalue weighted by atomic mass is 16.4. The van der Waals surface area contributed by atoms with Gasteiger partial charge >= 0.3 is 11.9 Å². The Kier molecular flexibility index (Phi) is 5.55. The molecule has 104 valence electrons. The average Bonchev–Trinajstić information content (AvgIpc) is 2.29. The molecule has 2 aliphatic rings. The van der Waals surface area contributed by atoms with Crippen molar-refractivity contribution in [2.75, 3.05) is 0 Å². The standard InChI is InChI=1S/C8H14.C4H6O6/c1-2-4-8-6-5-7(8)3-1;5-1(3(7)8)2(6)4(9)10/h7-8H,1-6H2;1-2,5-6H,(H,7,8)(H,9,10)/t;1-,2-/m.1/s1. The van der Waals surface area contributed by atoms with Crippen molar-refractivity contribution < 1.29 is 30.0 Å². The number of carboxylic acid groups (broad SMARTS) is 2. The van der Waals surface area contributed by atoms with Crippen molar-refractivity contribution >= 4 is 11.9 Å². The second-order valence-corrected chi connectivity index (χ2v) is 4.95. The van der Waals surface area contributed by atoms with Crippen molar-refractivity contribution in [3.05, 3.63) is 0 Å². The maximum Gasteiger partial charge on any atom is 0.335 e. The number of aliphatic hydroxyl groups is 2. The summed E-state index contributed by atoms with van der Waals surface area (Å²) in [5, 5.41) is 32.5. The Bertz CT molecular complexity index is 273. The molecule has 0 aliphatic heterocycles. The van der Waals surface area contributed by atoms with Crippen LogP contribution in [0.2, 0.25) is 0 Å². The van der Waals surface area contributed by atoms with E-state index in [1.807, 2.05) is 0 Å². The summed E-state index contributed by atoms with van der Waals surface area (Å²) in [6.07, 6.45) is 4.77. The number of fused-ring (bicyclic) bond motifs is 1. The maximum absolute atomic E-state index is 9.77. The van der Waals surface area contributed by atoms with Crippen LogP contribution in [0.4, 0.5) is 0 Å². The first-order valence-corrected chi connectivity index (χ1v) is 6.25. The predicted molar refractivity (Wildman–Crippen MR) is 62.0 cm³/mol. The van der Waals surface area contributed by atoms with Gasteiger partial charge in [0, 0.05) is 0 Å². The van der Waals surface area contributed by atoms with Crippen LogP contribution in [0.5, 0.6) is 0 Å². The van der Waals surface area contributed by atoms with Gasteiger partial charge in [0.15, 0.2) is 12.2 Å². The Balaban J connectivity index is 0.000000182. The summed E-state index contributed by atoms with van der Waals surface area (Å²) in [5.74, 6) is -1.17. The molecular formula is C12H20O6. The highest BCUT2D eigenvalue weighted by Gasteiger charge is 2.32. The number of rotatable bonds is 3. The summed E-state index contributed by atoms with van der Waals surface area (Å²) in [7, 11) is 0. The van der Waals surface area contributed by atoms with Crippen LogP contribution in [0.15, 0.2) is 0 Å². The van der Waals surface area contributed by atoms with Crippen molar-refractivity contribution in [3.63, 3.8) is 0 Å². The molecule has 2 fully saturated rings. The molecule has 0 saturated heterocycles. The van der Waals surface area contributed by atoms with Gasteiger partial charge < -0.3 is 20.4 Å². The largest absolute Gasteiger partial charge is 0.479 e. The van der Waals surface area contributed by atoms with Crippen LogP contribution in [0, 0.1) is 11.8 Å². The van der Waals surface area contributed by atoms with Gasteiger partial charge in [-0.15, -0.1) is 0 Å². The lowest BCUT2D eigenvalue weighted by Crippen LogP contribution is -2.39. The Morgan fingerprint density at radius 3 is 1.28 bits per heavy atom. The van der Waals surface area contributed by atoms with E-state index >= 15 is 0 Å². The SMILES string of the molecule is C1CCC2CCC2C1.O=C(O)[C@H](O)[C@@H](O)C(=O)O. The van der Waals surface area contributed by atoms with Crippen LogP contribution in [0.1, 0.15) is 38.5 Å². The zero-order chi connectivity index (χ0) is 13.7. The summed E-state index contributed by atoms with van der Waals surface area (Å²) in [6.45, 7) is 0. The maximum atomic E-state index is 9.77. The summed E-state index contributed by atoms with van der Waals surface area (Å²) in [6, 6.07) is 0. The Hall–Kier alpha value is -1.14. The molecule has 18 heavy (non-hydrogen) atoms. The number of aliphatic carboxylic acids is 2. The fourth-order valence-corrected chi connectivity index (χ4v) is 2.48. The minimum absolute atomic E-state index is 1.18. The highest BCUT2D eigenvalue weighted by Crippen LogP contribution is 2.44. The highest BCUT2D eigenvalue weighted by molar-refractivity contribution is 5.83. The van der Waals surface area contributed by atoms with E-state index in [2.05, 4.69) is 0 Å². The van der Waals surface area contributed by atoms with Gasteiger partial charge in [0.2, 0.25) is 0 Å². The molecule has 0 aromatic heterocycles. The normalized spacial score (nSPS) is 28.8. The molecule has 0 radical (unpaired) electrons. The smallest absolute Gasteiger partial charge is 0.335 e. The number of carbonyl (C=O) groups is 2. The summed E-state index contributed by atoms with van der Waals surface area (Å²) >= 11 is 0. The van der Waals surface area contributed by atoms with E-state index in [0.717, 1.165) is 0 Å². The zero-order valence-corrected chi connectivity index (χ0v) is 10.2. The molecule has 4 atom stereocenters.